The molecule has 17 heavy (non-hydrogen) atoms. The van der Waals surface area contributed by atoms with Crippen molar-refractivity contribution in [2.45, 2.75) is 32.9 Å². The van der Waals surface area contributed by atoms with Crippen LogP contribution < -0.4 is 5.32 Å². The summed E-state index contributed by atoms with van der Waals surface area (Å²) in [7, 11) is 0. The Morgan fingerprint density at radius 2 is 1.94 bits per heavy atom. The minimum Gasteiger partial charge on any atom is -0.310 e. The van der Waals surface area contributed by atoms with E-state index in [9.17, 15) is 8.78 Å². The lowest BCUT2D eigenvalue weighted by atomic mass is 10.0. The van der Waals surface area contributed by atoms with Crippen LogP contribution >= 0.6 is 11.6 Å². The molecule has 0 aliphatic rings. The fourth-order valence-corrected chi connectivity index (χ4v) is 1.92. The number of hydrogen-bond donors (Lipinski definition) is 1. The quantitative estimate of drug-likeness (QED) is 0.770. The Kier molecular flexibility index (Phi) is 5.86. The highest BCUT2D eigenvalue weighted by Crippen LogP contribution is 2.11. The minimum absolute atomic E-state index is 0.292. The summed E-state index contributed by atoms with van der Waals surface area (Å²) in [5.74, 6) is -0.565. The first-order chi connectivity index (χ1) is 8.04. The van der Waals surface area contributed by atoms with Gasteiger partial charge in [0.2, 0.25) is 0 Å². The molecule has 96 valence electrons. The molecule has 1 aromatic carbocycles. The smallest absolute Gasteiger partial charge is 0.159 e. The fourth-order valence-electron chi connectivity index (χ4n) is 1.69. The van der Waals surface area contributed by atoms with Gasteiger partial charge in [-0.1, -0.05) is 19.9 Å². The van der Waals surface area contributed by atoms with Crippen molar-refractivity contribution < 1.29 is 8.78 Å². The lowest BCUT2D eigenvalue weighted by molar-refractivity contribution is 0.388. The molecule has 0 aromatic heterocycles. The molecule has 0 saturated heterocycles. The van der Waals surface area contributed by atoms with Crippen molar-refractivity contribution in [1.29, 1.82) is 0 Å². The predicted octanol–water partition coefficient (Wildman–Crippen LogP) is 3.71. The number of benzene rings is 1. The maximum Gasteiger partial charge on any atom is 0.159 e. The van der Waals surface area contributed by atoms with Crippen LogP contribution in [0.1, 0.15) is 25.8 Å². The molecular formula is C13H18ClF2N. The Morgan fingerprint density at radius 1 is 1.24 bits per heavy atom. The van der Waals surface area contributed by atoms with E-state index in [1.807, 2.05) is 0 Å². The number of rotatable bonds is 6. The van der Waals surface area contributed by atoms with Gasteiger partial charge in [0.1, 0.15) is 0 Å². The molecule has 0 aliphatic heterocycles. The second-order valence-electron chi connectivity index (χ2n) is 4.46. The Bertz CT molecular complexity index is 355. The monoisotopic (exact) mass is 261 g/mol. The van der Waals surface area contributed by atoms with Crippen LogP contribution in [-0.4, -0.2) is 11.9 Å². The van der Waals surface area contributed by atoms with Gasteiger partial charge in [0.25, 0.3) is 0 Å². The van der Waals surface area contributed by atoms with Gasteiger partial charge in [-0.25, -0.2) is 8.78 Å². The van der Waals surface area contributed by atoms with Crippen LogP contribution in [0.15, 0.2) is 18.2 Å². The van der Waals surface area contributed by atoms with Crippen molar-refractivity contribution in [2.75, 3.05) is 5.88 Å². The van der Waals surface area contributed by atoms with Gasteiger partial charge in [-0.05, 0) is 30.0 Å². The first-order valence-corrected chi connectivity index (χ1v) is 6.31. The molecule has 0 fully saturated rings. The number of hydrogen-bond acceptors (Lipinski definition) is 1. The second kappa shape index (κ2) is 6.92. The average molecular weight is 262 g/mol. The molecule has 0 radical (unpaired) electrons. The maximum atomic E-state index is 13.0. The summed E-state index contributed by atoms with van der Waals surface area (Å²) >= 11 is 5.72. The van der Waals surface area contributed by atoms with Crippen LogP contribution in [0.25, 0.3) is 0 Å². The van der Waals surface area contributed by atoms with E-state index in [-0.39, 0.29) is 0 Å². The summed E-state index contributed by atoms with van der Waals surface area (Å²) in [5.41, 5.74) is 0.740. The van der Waals surface area contributed by atoms with Gasteiger partial charge in [0, 0.05) is 18.5 Å². The number of nitrogens with one attached hydrogen (secondary N) is 1. The van der Waals surface area contributed by atoms with E-state index >= 15 is 0 Å². The van der Waals surface area contributed by atoms with Gasteiger partial charge in [-0.2, -0.15) is 0 Å². The van der Waals surface area contributed by atoms with Crippen LogP contribution in [0.2, 0.25) is 0 Å². The van der Waals surface area contributed by atoms with Gasteiger partial charge in [0.15, 0.2) is 11.6 Å². The zero-order valence-electron chi connectivity index (χ0n) is 10.1. The molecule has 0 bridgehead atoms. The van der Waals surface area contributed by atoms with Crippen LogP contribution in [0.5, 0.6) is 0 Å². The van der Waals surface area contributed by atoms with Gasteiger partial charge in [-0.3, -0.25) is 0 Å². The Hall–Kier alpha value is -0.670. The van der Waals surface area contributed by atoms with Crippen molar-refractivity contribution in [3.8, 4) is 0 Å². The van der Waals surface area contributed by atoms with Crippen LogP contribution in [-0.2, 0) is 6.54 Å². The molecule has 0 saturated carbocycles. The molecule has 1 N–H and O–H groups in total. The topological polar surface area (TPSA) is 12.0 Å². The molecule has 0 amide bonds. The minimum atomic E-state index is -0.810. The Morgan fingerprint density at radius 3 is 2.47 bits per heavy atom. The van der Waals surface area contributed by atoms with E-state index in [4.69, 9.17) is 11.6 Å². The first-order valence-electron chi connectivity index (χ1n) is 5.78. The SMILES string of the molecule is CC(C)C(CCCl)NCc1ccc(F)c(F)c1. The predicted molar refractivity (Wildman–Crippen MR) is 67.2 cm³/mol. The van der Waals surface area contributed by atoms with Crippen molar-refractivity contribution in [3.63, 3.8) is 0 Å². The van der Waals surface area contributed by atoms with E-state index in [1.165, 1.54) is 6.07 Å². The van der Waals surface area contributed by atoms with E-state index in [1.54, 1.807) is 6.07 Å². The molecule has 1 unspecified atom stereocenters. The summed E-state index contributed by atoms with van der Waals surface area (Å²) in [6.07, 6.45) is 0.864. The lowest BCUT2D eigenvalue weighted by Crippen LogP contribution is -2.33. The average Bonchev–Trinajstić information content (AvgIpc) is 2.28. The second-order valence-corrected chi connectivity index (χ2v) is 4.84. The molecule has 0 spiro atoms. The standard InChI is InChI=1S/C13H18ClF2N/c1-9(2)13(5-6-14)17-8-10-3-4-11(15)12(16)7-10/h3-4,7,9,13,17H,5-6,8H2,1-2H3. The third-order valence-electron chi connectivity index (χ3n) is 2.78. The zero-order valence-corrected chi connectivity index (χ0v) is 10.9. The summed E-state index contributed by atoms with van der Waals surface area (Å²) in [6, 6.07) is 4.25. The molecule has 4 heteroatoms. The van der Waals surface area contributed by atoms with Crippen LogP contribution in [0.3, 0.4) is 0 Å². The van der Waals surface area contributed by atoms with E-state index in [0.717, 1.165) is 18.1 Å². The maximum absolute atomic E-state index is 13.0. The Balaban J connectivity index is 2.56. The molecule has 1 atom stereocenters. The third kappa shape index (κ3) is 4.60. The van der Waals surface area contributed by atoms with Crippen LogP contribution in [0, 0.1) is 17.6 Å². The van der Waals surface area contributed by atoms with Crippen LogP contribution in [0.4, 0.5) is 8.78 Å². The normalized spacial score (nSPS) is 13.1. The molecular weight excluding hydrogens is 244 g/mol. The van der Waals surface area contributed by atoms with Gasteiger partial charge in [0.05, 0.1) is 0 Å². The molecule has 1 aromatic rings. The first kappa shape index (κ1) is 14.4. The highest BCUT2D eigenvalue weighted by molar-refractivity contribution is 6.17. The van der Waals surface area contributed by atoms with Gasteiger partial charge < -0.3 is 5.32 Å². The van der Waals surface area contributed by atoms with E-state index in [0.29, 0.717) is 24.4 Å². The van der Waals surface area contributed by atoms with Crippen molar-refractivity contribution in [2.24, 2.45) is 5.92 Å². The highest BCUT2D eigenvalue weighted by atomic mass is 35.5. The molecule has 1 nitrogen and oxygen atoms in total. The molecule has 0 aliphatic carbocycles. The lowest BCUT2D eigenvalue weighted by Gasteiger charge is -2.21. The largest absolute Gasteiger partial charge is 0.310 e. The molecule has 1 rings (SSSR count). The Labute approximate surface area is 106 Å². The van der Waals surface area contributed by atoms with Crippen molar-refractivity contribution in [3.05, 3.63) is 35.4 Å². The van der Waals surface area contributed by atoms with E-state index in [2.05, 4.69) is 19.2 Å². The summed E-state index contributed by atoms with van der Waals surface area (Å²) in [5, 5.41) is 3.31. The molecule has 0 heterocycles. The fraction of sp³-hybridized carbons (Fsp3) is 0.538. The van der Waals surface area contributed by atoms with E-state index < -0.39 is 11.6 Å². The number of halogens is 3. The summed E-state index contributed by atoms with van der Waals surface area (Å²) in [4.78, 5) is 0. The van der Waals surface area contributed by atoms with Gasteiger partial charge in [-0.15, -0.1) is 11.6 Å². The number of alkyl halides is 1. The van der Waals surface area contributed by atoms with Gasteiger partial charge >= 0.3 is 0 Å². The summed E-state index contributed by atoms with van der Waals surface area (Å²) < 4.78 is 25.7. The van der Waals surface area contributed by atoms with Crippen molar-refractivity contribution in [1.82, 2.24) is 5.32 Å². The van der Waals surface area contributed by atoms with Crippen molar-refractivity contribution >= 4 is 11.6 Å². The zero-order chi connectivity index (χ0) is 12.8. The summed E-state index contributed by atoms with van der Waals surface area (Å²) in [6.45, 7) is 4.74. The third-order valence-corrected chi connectivity index (χ3v) is 3.00. The highest BCUT2D eigenvalue weighted by Gasteiger charge is 2.12.